The van der Waals surface area contributed by atoms with Gasteiger partial charge in [0.1, 0.15) is 0 Å². The van der Waals surface area contributed by atoms with Gasteiger partial charge in [-0.1, -0.05) is 41.6 Å². The minimum atomic E-state index is -0.415. The summed E-state index contributed by atoms with van der Waals surface area (Å²) in [6, 6.07) is 0. The van der Waals surface area contributed by atoms with E-state index in [1.165, 1.54) is 45.1 Å². The number of hydrogen-bond acceptors (Lipinski definition) is 2. The third-order valence-electron chi connectivity index (χ3n) is 4.94. The summed E-state index contributed by atoms with van der Waals surface area (Å²) in [6.45, 7) is 5.36. The van der Waals surface area contributed by atoms with Gasteiger partial charge in [0.25, 0.3) is 0 Å². The van der Waals surface area contributed by atoms with E-state index in [9.17, 15) is 5.11 Å². The highest BCUT2D eigenvalue weighted by molar-refractivity contribution is 9.09. The molecule has 1 N–H and O–H groups in total. The Morgan fingerprint density at radius 3 is 2.06 bits per heavy atom. The van der Waals surface area contributed by atoms with Gasteiger partial charge in [-0.25, -0.2) is 0 Å². The van der Waals surface area contributed by atoms with E-state index in [1.54, 1.807) is 0 Å². The SMILES string of the molecule is CC1(O)CCN(CC2(CBr)CCCCCC2)CC1. The van der Waals surface area contributed by atoms with Crippen LogP contribution in [0, 0.1) is 5.41 Å². The first-order valence-corrected chi connectivity index (χ1v) is 8.68. The van der Waals surface area contributed by atoms with Crippen LogP contribution >= 0.6 is 15.9 Å². The lowest BCUT2D eigenvalue weighted by Crippen LogP contribution is -2.47. The first-order chi connectivity index (χ1) is 8.55. The van der Waals surface area contributed by atoms with E-state index in [2.05, 4.69) is 20.8 Å². The van der Waals surface area contributed by atoms with Crippen LogP contribution in [0.1, 0.15) is 58.3 Å². The van der Waals surface area contributed by atoms with Gasteiger partial charge < -0.3 is 10.0 Å². The van der Waals surface area contributed by atoms with Gasteiger partial charge in [0.15, 0.2) is 0 Å². The van der Waals surface area contributed by atoms with Crippen LogP contribution in [0.2, 0.25) is 0 Å². The number of alkyl halides is 1. The van der Waals surface area contributed by atoms with Crippen LogP contribution in [0.15, 0.2) is 0 Å². The predicted molar refractivity (Wildman–Crippen MR) is 80.2 cm³/mol. The Balaban J connectivity index is 1.90. The van der Waals surface area contributed by atoms with Gasteiger partial charge in [-0.3, -0.25) is 0 Å². The molecule has 1 aliphatic heterocycles. The van der Waals surface area contributed by atoms with E-state index in [4.69, 9.17) is 0 Å². The second kappa shape index (κ2) is 6.23. The van der Waals surface area contributed by atoms with E-state index in [-0.39, 0.29) is 0 Å². The van der Waals surface area contributed by atoms with E-state index in [0.717, 1.165) is 31.3 Å². The van der Waals surface area contributed by atoms with Crippen molar-refractivity contribution < 1.29 is 5.11 Å². The van der Waals surface area contributed by atoms with Gasteiger partial charge in [-0.15, -0.1) is 0 Å². The van der Waals surface area contributed by atoms with Crippen molar-refractivity contribution in [1.82, 2.24) is 4.90 Å². The van der Waals surface area contributed by atoms with Crippen molar-refractivity contribution in [3.05, 3.63) is 0 Å². The van der Waals surface area contributed by atoms with E-state index < -0.39 is 5.60 Å². The van der Waals surface area contributed by atoms with Crippen molar-refractivity contribution in [3.8, 4) is 0 Å². The zero-order chi connectivity index (χ0) is 13.1. The van der Waals surface area contributed by atoms with Gasteiger partial charge in [0.2, 0.25) is 0 Å². The third-order valence-corrected chi connectivity index (χ3v) is 6.13. The molecule has 0 aromatic rings. The number of aliphatic hydroxyl groups is 1. The molecule has 0 aromatic carbocycles. The molecule has 1 saturated carbocycles. The first kappa shape index (κ1) is 14.8. The summed E-state index contributed by atoms with van der Waals surface area (Å²) in [5, 5.41) is 11.2. The van der Waals surface area contributed by atoms with Crippen molar-refractivity contribution in [2.45, 2.75) is 63.9 Å². The molecule has 18 heavy (non-hydrogen) atoms. The third kappa shape index (κ3) is 3.94. The molecule has 2 fully saturated rings. The number of hydrogen-bond donors (Lipinski definition) is 1. The molecule has 3 heteroatoms. The minimum Gasteiger partial charge on any atom is -0.390 e. The molecule has 0 spiro atoms. The summed E-state index contributed by atoms with van der Waals surface area (Å²) in [5.41, 5.74) is 0.0845. The molecule has 1 heterocycles. The van der Waals surface area contributed by atoms with E-state index >= 15 is 0 Å². The molecule has 1 saturated heterocycles. The smallest absolute Gasteiger partial charge is 0.0644 e. The average Bonchev–Trinajstić information content (AvgIpc) is 2.58. The summed E-state index contributed by atoms with van der Waals surface area (Å²) >= 11 is 3.78. The van der Waals surface area contributed by atoms with Crippen molar-refractivity contribution in [2.24, 2.45) is 5.41 Å². The summed E-state index contributed by atoms with van der Waals surface area (Å²) in [5.74, 6) is 0. The quantitative estimate of drug-likeness (QED) is 0.635. The normalized spacial score (nSPS) is 28.8. The summed E-state index contributed by atoms with van der Waals surface area (Å²) < 4.78 is 0. The van der Waals surface area contributed by atoms with Crippen molar-refractivity contribution in [2.75, 3.05) is 25.0 Å². The number of piperidine rings is 1. The van der Waals surface area contributed by atoms with Gasteiger partial charge in [0.05, 0.1) is 5.60 Å². The molecule has 0 amide bonds. The number of nitrogens with zero attached hydrogens (tertiary/aromatic N) is 1. The monoisotopic (exact) mass is 317 g/mol. The molecule has 0 unspecified atom stereocenters. The Labute approximate surface area is 120 Å². The highest BCUT2D eigenvalue weighted by Gasteiger charge is 2.35. The standard InChI is InChI=1S/C15H28BrNO/c1-14(18)8-10-17(11-9-14)13-15(12-16)6-4-2-3-5-7-15/h18H,2-13H2,1H3. The van der Waals surface area contributed by atoms with Crippen LogP contribution in [0.5, 0.6) is 0 Å². The van der Waals surface area contributed by atoms with Crippen molar-refractivity contribution in [3.63, 3.8) is 0 Å². The zero-order valence-corrected chi connectivity index (χ0v) is 13.3. The molecule has 0 bridgehead atoms. The molecule has 0 radical (unpaired) electrons. The largest absolute Gasteiger partial charge is 0.390 e. The van der Waals surface area contributed by atoms with Gasteiger partial charge in [0, 0.05) is 25.0 Å². The van der Waals surface area contributed by atoms with Crippen LogP contribution in [0.4, 0.5) is 0 Å². The highest BCUT2D eigenvalue weighted by atomic mass is 79.9. The summed E-state index contributed by atoms with van der Waals surface area (Å²) in [7, 11) is 0. The second-order valence-electron chi connectivity index (χ2n) is 6.82. The maximum atomic E-state index is 10.0. The fourth-order valence-electron chi connectivity index (χ4n) is 3.48. The fourth-order valence-corrected chi connectivity index (χ4v) is 4.22. The van der Waals surface area contributed by atoms with Crippen LogP contribution in [0.25, 0.3) is 0 Å². The molecule has 0 atom stereocenters. The van der Waals surface area contributed by atoms with Crippen molar-refractivity contribution in [1.29, 1.82) is 0 Å². The average molecular weight is 318 g/mol. The topological polar surface area (TPSA) is 23.5 Å². The number of rotatable bonds is 3. The van der Waals surface area contributed by atoms with E-state index in [1.807, 2.05) is 6.92 Å². The van der Waals surface area contributed by atoms with Crippen molar-refractivity contribution >= 4 is 15.9 Å². The Kier molecular flexibility index (Phi) is 5.13. The maximum Gasteiger partial charge on any atom is 0.0644 e. The molecule has 2 aliphatic rings. The minimum absolute atomic E-state index is 0.415. The van der Waals surface area contributed by atoms with Gasteiger partial charge >= 0.3 is 0 Å². The first-order valence-electron chi connectivity index (χ1n) is 7.56. The van der Waals surface area contributed by atoms with Crippen LogP contribution in [-0.4, -0.2) is 40.6 Å². The molecular formula is C15H28BrNO. The number of likely N-dealkylation sites (tertiary alicyclic amines) is 1. The molecule has 1 aliphatic carbocycles. The molecule has 106 valence electrons. The summed E-state index contributed by atoms with van der Waals surface area (Å²) in [4.78, 5) is 2.59. The number of halogens is 1. The van der Waals surface area contributed by atoms with E-state index in [0.29, 0.717) is 5.41 Å². The van der Waals surface area contributed by atoms with Gasteiger partial charge in [-0.05, 0) is 38.0 Å². The zero-order valence-electron chi connectivity index (χ0n) is 11.8. The highest BCUT2D eigenvalue weighted by Crippen LogP contribution is 2.38. The summed E-state index contributed by atoms with van der Waals surface area (Å²) in [6.07, 6.45) is 10.3. The van der Waals surface area contributed by atoms with Crippen LogP contribution in [0.3, 0.4) is 0 Å². The Bertz CT molecular complexity index is 249. The lowest BCUT2D eigenvalue weighted by atomic mass is 9.81. The maximum absolute atomic E-state index is 10.0. The Morgan fingerprint density at radius 2 is 1.56 bits per heavy atom. The van der Waals surface area contributed by atoms with Gasteiger partial charge in [-0.2, -0.15) is 0 Å². The predicted octanol–water partition coefficient (Wildman–Crippen LogP) is 3.57. The molecule has 2 nitrogen and oxygen atoms in total. The van der Waals surface area contributed by atoms with Crippen LogP contribution < -0.4 is 0 Å². The van der Waals surface area contributed by atoms with Crippen LogP contribution in [-0.2, 0) is 0 Å². The Hall–Kier alpha value is 0.400. The molecule has 0 aromatic heterocycles. The lowest BCUT2D eigenvalue weighted by molar-refractivity contribution is -0.0154. The second-order valence-corrected chi connectivity index (χ2v) is 7.38. The molecule has 2 rings (SSSR count). The Morgan fingerprint density at radius 1 is 1.00 bits per heavy atom. The lowest BCUT2D eigenvalue weighted by Gasteiger charge is -2.41. The molecular weight excluding hydrogens is 290 g/mol. The fraction of sp³-hybridized carbons (Fsp3) is 1.00.